The number of ether oxygens (including phenoxy) is 12. The molecule has 6 fully saturated rings. The zero-order chi connectivity index (χ0) is 57.5. The fourth-order valence-corrected chi connectivity index (χ4v) is 10.1. The van der Waals surface area contributed by atoms with E-state index in [0.717, 1.165) is 6.92 Å². The van der Waals surface area contributed by atoms with E-state index >= 15 is 0 Å². The van der Waals surface area contributed by atoms with E-state index in [-0.39, 0.29) is 13.0 Å². The molecule has 0 radical (unpaired) electrons. The van der Waals surface area contributed by atoms with Gasteiger partial charge in [0.05, 0.1) is 39.1 Å². The lowest BCUT2D eigenvalue weighted by Gasteiger charge is -2.51. The topological polar surface area (TPSA) is 533 Å². The van der Waals surface area contributed by atoms with Crippen molar-refractivity contribution in [3.8, 4) is 0 Å². The first-order valence-corrected chi connectivity index (χ1v) is 25.5. The van der Waals surface area contributed by atoms with Crippen LogP contribution in [0.25, 0.3) is 0 Å². The van der Waals surface area contributed by atoms with Crippen molar-refractivity contribution in [1.82, 2.24) is 5.32 Å². The highest BCUT2D eigenvalue weighted by Crippen LogP contribution is 2.38. The molecule has 19 N–H and O–H groups in total. The molecule has 29 atom stereocenters. The Morgan fingerprint density at radius 1 is 0.564 bits per heavy atom. The minimum Gasteiger partial charge on any atom is -0.394 e. The summed E-state index contributed by atoms with van der Waals surface area (Å²) in [7, 11) is 0. The molecule has 18 unspecified atom stereocenters. The number of carbonyl (C=O) groups excluding carboxylic acids is 1. The van der Waals surface area contributed by atoms with Crippen molar-refractivity contribution in [1.29, 1.82) is 0 Å². The Morgan fingerprint density at radius 3 is 1.62 bits per heavy atom. The van der Waals surface area contributed by atoms with Gasteiger partial charge in [0.1, 0.15) is 128 Å². The highest BCUT2D eigenvalue weighted by Gasteiger charge is 2.59. The maximum atomic E-state index is 12.9. The molecule has 34 heteroatoms. The predicted molar refractivity (Wildman–Crippen MR) is 245 cm³/mol. The lowest BCUT2D eigenvalue weighted by atomic mass is 9.88. The molecule has 6 saturated heterocycles. The van der Waals surface area contributed by atoms with Gasteiger partial charge in [-0.25, -0.2) is 0 Å². The van der Waals surface area contributed by atoms with Gasteiger partial charge in [0, 0.05) is 24.9 Å². The largest absolute Gasteiger partial charge is 0.394 e. The number of unbranched alkanes of at least 4 members (excludes halogenated alkanes) is 2. The zero-order valence-corrected chi connectivity index (χ0v) is 42.5. The molecule has 0 spiro atoms. The van der Waals surface area contributed by atoms with E-state index in [0.29, 0.717) is 25.8 Å². The summed E-state index contributed by atoms with van der Waals surface area (Å²) in [4.78, 5) is 23.7. The van der Waals surface area contributed by atoms with E-state index in [1.165, 1.54) is 6.92 Å². The number of nitrogens with zero attached hydrogens (tertiary/aromatic N) is 1. The number of nitrogens with two attached hydrogens (primary N) is 1. The highest BCUT2D eigenvalue weighted by atomic mass is 16.8. The van der Waals surface area contributed by atoms with Crippen LogP contribution in [0, 0.1) is 10.1 Å². The maximum Gasteiger partial charge on any atom is 0.232 e. The van der Waals surface area contributed by atoms with Crippen LogP contribution in [0.1, 0.15) is 39.5 Å². The monoisotopic (exact) mass is 1140 g/mol. The van der Waals surface area contributed by atoms with Crippen molar-refractivity contribution < 1.29 is 148 Å². The Kier molecular flexibility index (Phi) is 24.0. The summed E-state index contributed by atoms with van der Waals surface area (Å²) >= 11 is 0. The Labute approximate surface area is 444 Å². The molecule has 0 aliphatic carbocycles. The van der Waals surface area contributed by atoms with Crippen LogP contribution in [0.3, 0.4) is 0 Å². The minimum absolute atomic E-state index is 0.0210. The third-order valence-corrected chi connectivity index (χ3v) is 14.3. The van der Waals surface area contributed by atoms with E-state index in [1.54, 1.807) is 0 Å². The number of nitrogens with one attached hydrogen (secondary N) is 1. The quantitative estimate of drug-likeness (QED) is 0.0242. The first-order valence-electron chi connectivity index (χ1n) is 25.5. The predicted octanol–water partition coefficient (Wildman–Crippen LogP) is -11.1. The number of aliphatic hydroxyl groups excluding tert-OH is 15. The lowest BCUT2D eigenvalue weighted by molar-refractivity contribution is -0.505. The van der Waals surface area contributed by atoms with Crippen molar-refractivity contribution in [2.45, 2.75) is 217 Å². The molecule has 34 nitrogen and oxygen atoms in total. The highest BCUT2D eigenvalue weighted by molar-refractivity contribution is 5.73. The first-order chi connectivity index (χ1) is 37.0. The fourth-order valence-electron chi connectivity index (χ4n) is 10.1. The van der Waals surface area contributed by atoms with Crippen molar-refractivity contribution in [3.63, 3.8) is 0 Å². The van der Waals surface area contributed by atoms with Crippen LogP contribution in [0.5, 0.6) is 0 Å². The summed E-state index contributed by atoms with van der Waals surface area (Å²) in [6, 6.07) is -1.81. The summed E-state index contributed by atoms with van der Waals surface area (Å²) in [5.74, 6) is -0.875. The van der Waals surface area contributed by atoms with Gasteiger partial charge in [0.2, 0.25) is 12.5 Å². The van der Waals surface area contributed by atoms with Crippen LogP contribution in [0.15, 0.2) is 0 Å². The summed E-state index contributed by atoms with van der Waals surface area (Å²) < 4.78 is 69.3. The molecule has 6 rings (SSSR count). The standard InChI is InChI=1S/C44H77N3O31/c1-15-8-44(64,14-52)37(63)43(68-15)78-36-26(57)23(54)18(10-48)72-42(36)76-34-22(46-16(2)53)38(70-19(11-49)24(34)55)77-35-25(56)20(12-50)71-41(31(35)62)75-33-21(13-51)73-40(30(61)28(33)59)74-32-17(9-47(65)66)69-39(29(60)27(32)58)67-7-5-3-4-6-45/h15,17-43,48-52,54-64H,3-14,45H2,1-2H3,(H,46,53)/t15?,17?,18?,19?,20?,21?,22?,23-,24-,25-,26?,27?,28?,29?,30?,31?,32+,33-,34?,35?,36?,37?,38-,39+,40-,41+,42-,43-,44?/m0/s1. The third-order valence-electron chi connectivity index (χ3n) is 14.3. The Balaban J connectivity index is 1.21. The van der Waals surface area contributed by atoms with Crippen LogP contribution in [-0.2, 0) is 61.6 Å². The maximum absolute atomic E-state index is 12.9. The second-order valence-corrected chi connectivity index (χ2v) is 20.1. The number of amides is 1. The SMILES string of the molecule is CC(=O)NC1C(O[C@@H]2OC(CO)[C@H](O)C(O)C2O[C@@H]2OC(C)CC(O)(CO)C2O)[C@@H](O)C(CO)O[C@H]1OC1C(O)[C@@H](O[C@H]2C(CO)O[C@@H](O[C@@H]3C(C[N+](=O)[O-])O[C@@H](OCCCCCN)C(O)C3O)C(O)C2O)OC(CO)[C@@H]1O. The van der Waals surface area contributed by atoms with E-state index in [9.17, 15) is 96.6 Å². The van der Waals surface area contributed by atoms with E-state index in [2.05, 4.69) is 5.32 Å². The summed E-state index contributed by atoms with van der Waals surface area (Å²) in [6.07, 6.45) is -49.7. The summed E-state index contributed by atoms with van der Waals surface area (Å²) in [5.41, 5.74) is 3.31. The van der Waals surface area contributed by atoms with Crippen molar-refractivity contribution in [3.05, 3.63) is 10.1 Å². The van der Waals surface area contributed by atoms with Crippen LogP contribution >= 0.6 is 0 Å². The van der Waals surface area contributed by atoms with Gasteiger partial charge in [-0.15, -0.1) is 0 Å². The molecule has 6 aliphatic heterocycles. The zero-order valence-electron chi connectivity index (χ0n) is 42.5. The molecular formula is C44H77N3O31. The van der Waals surface area contributed by atoms with Crippen molar-refractivity contribution in [2.75, 3.05) is 52.7 Å². The van der Waals surface area contributed by atoms with Crippen LogP contribution in [-0.4, -0.2) is 323 Å². The Hall–Kier alpha value is -2.29. The summed E-state index contributed by atoms with van der Waals surface area (Å²) in [6.45, 7) is -3.19. The Bertz CT molecular complexity index is 1860. The third kappa shape index (κ3) is 14.7. The molecule has 78 heavy (non-hydrogen) atoms. The molecule has 6 heterocycles. The molecule has 454 valence electrons. The molecule has 1 amide bonds. The second-order valence-electron chi connectivity index (χ2n) is 20.1. The molecule has 0 saturated carbocycles. The normalized spacial score (nSPS) is 47.4. The van der Waals surface area contributed by atoms with E-state index in [4.69, 9.17) is 62.6 Å². The average Bonchev–Trinajstić information content (AvgIpc) is 3.42. The second kappa shape index (κ2) is 28.8. The molecular weight excluding hydrogens is 1070 g/mol. The molecule has 0 aromatic carbocycles. The van der Waals surface area contributed by atoms with E-state index < -0.39 is 228 Å². The van der Waals surface area contributed by atoms with Gasteiger partial charge in [0.15, 0.2) is 43.8 Å². The number of rotatable bonds is 24. The van der Waals surface area contributed by atoms with E-state index in [1.807, 2.05) is 0 Å². The molecule has 0 aromatic rings. The minimum atomic E-state index is -2.25. The summed E-state index contributed by atoms with van der Waals surface area (Å²) in [5, 5.41) is 189. The van der Waals surface area contributed by atoms with Gasteiger partial charge < -0.3 is 150 Å². The van der Waals surface area contributed by atoms with Gasteiger partial charge in [-0.3, -0.25) is 14.9 Å². The van der Waals surface area contributed by atoms with Crippen LogP contribution in [0.4, 0.5) is 0 Å². The van der Waals surface area contributed by atoms with Gasteiger partial charge in [-0.2, -0.15) is 0 Å². The van der Waals surface area contributed by atoms with Gasteiger partial charge in [-0.1, -0.05) is 0 Å². The molecule has 0 aromatic heterocycles. The lowest BCUT2D eigenvalue weighted by Crippen LogP contribution is -2.70. The average molecular weight is 1140 g/mol. The fraction of sp³-hybridized carbons (Fsp3) is 0.977. The van der Waals surface area contributed by atoms with Crippen molar-refractivity contribution in [2.24, 2.45) is 5.73 Å². The smallest absolute Gasteiger partial charge is 0.232 e. The Morgan fingerprint density at radius 2 is 1.04 bits per heavy atom. The van der Waals surface area contributed by atoms with Crippen LogP contribution in [0.2, 0.25) is 0 Å². The van der Waals surface area contributed by atoms with Gasteiger partial charge in [-0.05, 0) is 32.7 Å². The van der Waals surface area contributed by atoms with Crippen molar-refractivity contribution >= 4 is 5.91 Å². The van der Waals surface area contributed by atoms with Gasteiger partial charge in [0.25, 0.3) is 0 Å². The number of hydrogen-bond donors (Lipinski definition) is 18. The first kappa shape index (κ1) is 64.9. The number of hydrogen-bond acceptors (Lipinski definition) is 32. The number of aliphatic hydroxyl groups is 16. The van der Waals surface area contributed by atoms with Crippen LogP contribution < -0.4 is 11.1 Å². The number of carbonyl (C=O) groups is 1. The number of nitro groups is 1. The molecule has 0 bridgehead atoms. The van der Waals surface area contributed by atoms with Gasteiger partial charge >= 0.3 is 0 Å². The molecule has 6 aliphatic rings.